The van der Waals surface area contributed by atoms with Gasteiger partial charge in [0.25, 0.3) is 5.91 Å². The quantitative estimate of drug-likeness (QED) is 0.792. The SMILES string of the molecule is COc1ccc(C(=O)NC2(CBr)CCCC2)cc1Br. The van der Waals surface area contributed by atoms with Crippen molar-refractivity contribution < 1.29 is 9.53 Å². The average Bonchev–Trinajstić information content (AvgIpc) is 2.87. The number of nitrogens with one attached hydrogen (secondary N) is 1. The Bertz CT molecular complexity index is 471. The van der Waals surface area contributed by atoms with Crippen molar-refractivity contribution in [2.75, 3.05) is 12.4 Å². The van der Waals surface area contributed by atoms with Gasteiger partial charge in [-0.1, -0.05) is 28.8 Å². The van der Waals surface area contributed by atoms with Crippen LogP contribution in [0.5, 0.6) is 5.75 Å². The Hall–Kier alpha value is -0.550. The monoisotopic (exact) mass is 389 g/mol. The van der Waals surface area contributed by atoms with E-state index in [1.807, 2.05) is 0 Å². The van der Waals surface area contributed by atoms with E-state index in [0.717, 1.165) is 28.4 Å². The number of hydrogen-bond acceptors (Lipinski definition) is 2. The van der Waals surface area contributed by atoms with E-state index in [-0.39, 0.29) is 11.4 Å². The molecule has 1 N–H and O–H groups in total. The first-order valence-electron chi connectivity index (χ1n) is 6.32. The zero-order valence-corrected chi connectivity index (χ0v) is 14.0. The van der Waals surface area contributed by atoms with E-state index in [1.54, 1.807) is 25.3 Å². The molecule has 3 nitrogen and oxygen atoms in total. The van der Waals surface area contributed by atoms with Gasteiger partial charge in [0.05, 0.1) is 17.1 Å². The highest BCUT2D eigenvalue weighted by molar-refractivity contribution is 9.10. The molecule has 1 aliphatic rings. The van der Waals surface area contributed by atoms with Crippen LogP contribution in [-0.4, -0.2) is 23.9 Å². The molecule has 19 heavy (non-hydrogen) atoms. The van der Waals surface area contributed by atoms with E-state index in [0.29, 0.717) is 5.56 Å². The van der Waals surface area contributed by atoms with E-state index in [1.165, 1.54) is 12.8 Å². The van der Waals surface area contributed by atoms with Crippen LogP contribution in [0.2, 0.25) is 0 Å². The zero-order valence-electron chi connectivity index (χ0n) is 10.8. The van der Waals surface area contributed by atoms with Gasteiger partial charge >= 0.3 is 0 Å². The topological polar surface area (TPSA) is 38.3 Å². The van der Waals surface area contributed by atoms with E-state index < -0.39 is 0 Å². The van der Waals surface area contributed by atoms with Crippen LogP contribution in [0.25, 0.3) is 0 Å². The molecular formula is C14H17Br2NO2. The van der Waals surface area contributed by atoms with E-state index in [9.17, 15) is 4.79 Å². The third kappa shape index (κ3) is 3.31. The number of amides is 1. The fourth-order valence-electron chi connectivity index (χ4n) is 2.46. The number of hydrogen-bond donors (Lipinski definition) is 1. The Balaban J connectivity index is 2.13. The number of ether oxygens (including phenoxy) is 1. The molecule has 0 atom stereocenters. The first kappa shape index (κ1) is 14.9. The second kappa shape index (κ2) is 6.27. The van der Waals surface area contributed by atoms with Crippen molar-refractivity contribution in [3.8, 4) is 5.75 Å². The number of methoxy groups -OCH3 is 1. The van der Waals surface area contributed by atoms with Crippen LogP contribution in [0.15, 0.2) is 22.7 Å². The van der Waals surface area contributed by atoms with Crippen molar-refractivity contribution >= 4 is 37.8 Å². The molecule has 0 spiro atoms. The summed E-state index contributed by atoms with van der Waals surface area (Å²) in [6, 6.07) is 5.38. The van der Waals surface area contributed by atoms with Gasteiger partial charge in [-0.05, 0) is 47.0 Å². The highest BCUT2D eigenvalue weighted by Gasteiger charge is 2.34. The summed E-state index contributed by atoms with van der Waals surface area (Å²) in [6.45, 7) is 0. The summed E-state index contributed by atoms with van der Waals surface area (Å²) < 4.78 is 5.96. The zero-order chi connectivity index (χ0) is 13.9. The highest BCUT2D eigenvalue weighted by Crippen LogP contribution is 2.32. The van der Waals surface area contributed by atoms with Crippen molar-refractivity contribution in [2.24, 2.45) is 0 Å². The summed E-state index contributed by atoms with van der Waals surface area (Å²) in [4.78, 5) is 12.3. The molecule has 0 bridgehead atoms. The molecule has 0 unspecified atom stereocenters. The minimum Gasteiger partial charge on any atom is -0.496 e. The molecule has 0 aliphatic heterocycles. The second-order valence-electron chi connectivity index (χ2n) is 4.92. The molecule has 0 heterocycles. The van der Waals surface area contributed by atoms with Crippen LogP contribution in [0.3, 0.4) is 0 Å². The maximum Gasteiger partial charge on any atom is 0.251 e. The number of carbonyl (C=O) groups is 1. The molecule has 2 rings (SSSR count). The van der Waals surface area contributed by atoms with Crippen LogP contribution in [0.4, 0.5) is 0 Å². The number of rotatable bonds is 4. The maximum atomic E-state index is 12.3. The fourth-order valence-corrected chi connectivity index (χ4v) is 3.71. The van der Waals surface area contributed by atoms with Crippen LogP contribution < -0.4 is 10.1 Å². The minimum atomic E-state index is -0.0799. The van der Waals surface area contributed by atoms with Crippen LogP contribution >= 0.6 is 31.9 Å². The summed E-state index contributed by atoms with van der Waals surface area (Å²) in [6.07, 6.45) is 4.44. The van der Waals surface area contributed by atoms with E-state index >= 15 is 0 Å². The Morgan fingerprint density at radius 1 is 1.42 bits per heavy atom. The molecule has 1 fully saturated rings. The van der Waals surface area contributed by atoms with Crippen LogP contribution in [0.1, 0.15) is 36.0 Å². The predicted octanol–water partition coefficient (Wildman–Crippen LogP) is 3.90. The van der Waals surface area contributed by atoms with Gasteiger partial charge in [-0.25, -0.2) is 0 Å². The van der Waals surface area contributed by atoms with Gasteiger partial charge in [-0.2, -0.15) is 0 Å². The summed E-state index contributed by atoms with van der Waals surface area (Å²) in [5.41, 5.74) is 0.573. The average molecular weight is 391 g/mol. The lowest BCUT2D eigenvalue weighted by molar-refractivity contribution is 0.0910. The summed E-state index contributed by atoms with van der Waals surface area (Å²) in [5.74, 6) is 0.706. The lowest BCUT2D eigenvalue weighted by Gasteiger charge is -2.28. The van der Waals surface area contributed by atoms with Crippen molar-refractivity contribution in [2.45, 2.75) is 31.2 Å². The molecule has 1 amide bonds. The Morgan fingerprint density at radius 3 is 2.63 bits per heavy atom. The molecule has 1 aromatic carbocycles. The summed E-state index contributed by atoms with van der Waals surface area (Å²) >= 11 is 6.93. The fraction of sp³-hybridized carbons (Fsp3) is 0.500. The normalized spacial score (nSPS) is 17.2. The molecule has 104 valence electrons. The third-order valence-electron chi connectivity index (χ3n) is 3.61. The molecule has 1 aliphatic carbocycles. The van der Waals surface area contributed by atoms with Gasteiger partial charge in [-0.15, -0.1) is 0 Å². The Labute approximate surface area is 130 Å². The van der Waals surface area contributed by atoms with Gasteiger partial charge in [0.2, 0.25) is 0 Å². The van der Waals surface area contributed by atoms with Gasteiger partial charge in [-0.3, -0.25) is 4.79 Å². The van der Waals surface area contributed by atoms with Gasteiger partial charge in [0.1, 0.15) is 5.75 Å². The summed E-state index contributed by atoms with van der Waals surface area (Å²) in [5, 5.41) is 3.98. The molecule has 0 saturated heterocycles. The highest BCUT2D eigenvalue weighted by atomic mass is 79.9. The predicted molar refractivity (Wildman–Crippen MR) is 83.2 cm³/mol. The second-order valence-corrected chi connectivity index (χ2v) is 6.34. The first-order chi connectivity index (χ1) is 9.10. The van der Waals surface area contributed by atoms with Gasteiger partial charge in [0.15, 0.2) is 0 Å². The lowest BCUT2D eigenvalue weighted by Crippen LogP contribution is -2.47. The maximum absolute atomic E-state index is 12.3. The van der Waals surface area contributed by atoms with Crippen molar-refractivity contribution in [3.05, 3.63) is 28.2 Å². The Kier molecular flexibility index (Phi) is 4.90. The van der Waals surface area contributed by atoms with Crippen molar-refractivity contribution in [1.29, 1.82) is 0 Å². The van der Waals surface area contributed by atoms with Gasteiger partial charge < -0.3 is 10.1 Å². The molecule has 0 aromatic heterocycles. The molecular weight excluding hydrogens is 374 g/mol. The molecule has 0 radical (unpaired) electrons. The number of benzene rings is 1. The third-order valence-corrected chi connectivity index (χ3v) is 5.30. The van der Waals surface area contributed by atoms with Crippen LogP contribution in [0, 0.1) is 0 Å². The molecule has 5 heteroatoms. The number of carbonyl (C=O) groups excluding carboxylic acids is 1. The summed E-state index contributed by atoms with van der Waals surface area (Å²) in [7, 11) is 1.61. The smallest absolute Gasteiger partial charge is 0.251 e. The molecule has 1 aromatic rings. The van der Waals surface area contributed by atoms with Crippen molar-refractivity contribution in [3.63, 3.8) is 0 Å². The van der Waals surface area contributed by atoms with Gasteiger partial charge in [0, 0.05) is 10.9 Å². The largest absolute Gasteiger partial charge is 0.496 e. The van der Waals surface area contributed by atoms with Crippen molar-refractivity contribution in [1.82, 2.24) is 5.32 Å². The number of alkyl halides is 1. The van der Waals surface area contributed by atoms with Crippen LogP contribution in [-0.2, 0) is 0 Å². The standard InChI is InChI=1S/C14H17Br2NO2/c1-19-12-5-4-10(8-11(12)16)13(18)17-14(9-15)6-2-3-7-14/h4-5,8H,2-3,6-7,9H2,1H3,(H,17,18). The molecule has 1 saturated carbocycles. The lowest BCUT2D eigenvalue weighted by atomic mass is 10.00. The van der Waals surface area contributed by atoms with E-state index in [2.05, 4.69) is 37.2 Å². The first-order valence-corrected chi connectivity index (χ1v) is 8.24. The minimum absolute atomic E-state index is 0.0234. The number of halogens is 2. The van der Waals surface area contributed by atoms with E-state index in [4.69, 9.17) is 4.74 Å². The Morgan fingerprint density at radius 2 is 2.11 bits per heavy atom.